The van der Waals surface area contributed by atoms with E-state index in [2.05, 4.69) is 9.97 Å². The zero-order valence-electron chi connectivity index (χ0n) is 17.9. The van der Waals surface area contributed by atoms with Crippen LogP contribution in [0.4, 0.5) is 0 Å². The summed E-state index contributed by atoms with van der Waals surface area (Å²) in [6.07, 6.45) is 3.25. The molecule has 0 spiro atoms. The van der Waals surface area contributed by atoms with Gasteiger partial charge in [-0.2, -0.15) is 0 Å². The first-order valence-electron chi connectivity index (χ1n) is 10.0. The van der Waals surface area contributed by atoms with Gasteiger partial charge in [0, 0.05) is 49.8 Å². The van der Waals surface area contributed by atoms with Crippen molar-refractivity contribution in [2.45, 2.75) is 52.5 Å². The number of nitrogens with zero attached hydrogens (tertiary/aromatic N) is 3. The molecule has 1 aromatic carbocycles. The van der Waals surface area contributed by atoms with E-state index in [9.17, 15) is 14.4 Å². The molecule has 30 heavy (non-hydrogen) atoms. The maximum absolute atomic E-state index is 13.1. The largest absolute Gasteiger partial charge is 0.343 e. The summed E-state index contributed by atoms with van der Waals surface area (Å²) < 4.78 is 0. The van der Waals surface area contributed by atoms with Crippen molar-refractivity contribution in [3.63, 3.8) is 0 Å². The highest BCUT2D eigenvalue weighted by Crippen LogP contribution is 2.38. The van der Waals surface area contributed by atoms with Crippen molar-refractivity contribution in [1.29, 1.82) is 0 Å². The average Bonchev–Trinajstić information content (AvgIpc) is 2.95. The van der Waals surface area contributed by atoms with Crippen molar-refractivity contribution in [3.05, 3.63) is 46.2 Å². The molecule has 2 unspecified atom stereocenters. The van der Waals surface area contributed by atoms with Gasteiger partial charge in [0.1, 0.15) is 11.7 Å². The quantitative estimate of drug-likeness (QED) is 0.676. The van der Waals surface area contributed by atoms with Gasteiger partial charge in [-0.25, -0.2) is 9.97 Å². The summed E-state index contributed by atoms with van der Waals surface area (Å²) in [5.74, 6) is -1.23. The van der Waals surface area contributed by atoms with E-state index in [0.29, 0.717) is 10.8 Å². The van der Waals surface area contributed by atoms with Crippen LogP contribution in [0.1, 0.15) is 49.3 Å². The predicted octanol–water partition coefficient (Wildman–Crippen LogP) is 3.91. The summed E-state index contributed by atoms with van der Waals surface area (Å²) in [6.45, 7) is 7.60. The molecule has 6 nitrogen and oxygen atoms in total. The third-order valence-electron chi connectivity index (χ3n) is 5.81. The van der Waals surface area contributed by atoms with E-state index < -0.39 is 11.8 Å². The topological polar surface area (TPSA) is 80.2 Å². The molecular formula is C23H26ClN3O3. The maximum Gasteiger partial charge on any atom is 0.223 e. The van der Waals surface area contributed by atoms with Gasteiger partial charge >= 0.3 is 0 Å². The predicted molar refractivity (Wildman–Crippen MR) is 115 cm³/mol. The van der Waals surface area contributed by atoms with E-state index in [-0.39, 0.29) is 36.4 Å². The molecule has 1 aliphatic carbocycles. The lowest BCUT2D eigenvalue weighted by molar-refractivity contribution is -0.135. The Morgan fingerprint density at radius 1 is 1.17 bits per heavy atom. The van der Waals surface area contributed by atoms with Gasteiger partial charge in [-0.3, -0.25) is 14.4 Å². The molecule has 0 saturated heterocycles. The zero-order chi connectivity index (χ0) is 22.2. The van der Waals surface area contributed by atoms with E-state index >= 15 is 0 Å². The number of ketones is 2. The van der Waals surface area contributed by atoms with E-state index in [1.165, 1.54) is 12.4 Å². The summed E-state index contributed by atoms with van der Waals surface area (Å²) >= 11 is 5.86. The lowest BCUT2D eigenvalue weighted by atomic mass is 9.86. The fourth-order valence-corrected chi connectivity index (χ4v) is 4.09. The first-order chi connectivity index (χ1) is 14.1. The highest BCUT2D eigenvalue weighted by atomic mass is 35.5. The summed E-state index contributed by atoms with van der Waals surface area (Å²) in [5.41, 5.74) is 3.20. The van der Waals surface area contributed by atoms with Gasteiger partial charge in [0.05, 0.1) is 5.02 Å². The molecule has 0 bridgehead atoms. The number of amides is 1. The molecule has 7 heteroatoms. The molecular weight excluding hydrogens is 402 g/mol. The number of carbonyl (C=O) groups excluding carboxylic acids is 3. The molecule has 0 N–H and O–H groups in total. The summed E-state index contributed by atoms with van der Waals surface area (Å²) in [5, 5.41) is 0.453. The second-order valence-electron chi connectivity index (χ2n) is 8.25. The van der Waals surface area contributed by atoms with Crippen LogP contribution in [0.2, 0.25) is 5.02 Å². The van der Waals surface area contributed by atoms with Gasteiger partial charge in [-0.1, -0.05) is 11.6 Å². The van der Waals surface area contributed by atoms with Gasteiger partial charge in [0.25, 0.3) is 0 Å². The molecule has 1 amide bonds. The minimum Gasteiger partial charge on any atom is -0.343 e. The lowest BCUT2D eigenvalue weighted by Gasteiger charge is -2.22. The van der Waals surface area contributed by atoms with E-state index in [0.717, 1.165) is 22.3 Å². The van der Waals surface area contributed by atoms with Crippen molar-refractivity contribution < 1.29 is 14.4 Å². The Balaban J connectivity index is 1.88. The van der Waals surface area contributed by atoms with Gasteiger partial charge in [0.2, 0.25) is 5.91 Å². The summed E-state index contributed by atoms with van der Waals surface area (Å²) in [4.78, 5) is 48.4. The Labute approximate surface area is 181 Å². The number of benzene rings is 1. The van der Waals surface area contributed by atoms with E-state index in [1.807, 2.05) is 39.8 Å². The van der Waals surface area contributed by atoms with Gasteiger partial charge in [-0.15, -0.1) is 0 Å². The van der Waals surface area contributed by atoms with Crippen LogP contribution < -0.4 is 0 Å². The molecule has 158 valence electrons. The fourth-order valence-electron chi connectivity index (χ4n) is 3.99. The van der Waals surface area contributed by atoms with Crippen LogP contribution in [0.15, 0.2) is 24.5 Å². The third-order valence-corrected chi connectivity index (χ3v) is 6.00. The SMILES string of the molecule is Cc1cc(-c2ncc(Cl)cn2)cc(C)c1C1C(=O)CC(CC(=O)N(C)C(C)C)C1=O. The average molecular weight is 428 g/mol. The monoisotopic (exact) mass is 427 g/mol. The standard InChI is InChI=1S/C23H26ClN3O3/c1-12(2)27(5)19(29)9-15-8-18(28)21(22(15)30)20-13(3)6-16(7-14(20)4)23-25-10-17(24)11-26-23/h6-7,10-12,15,21H,8-9H2,1-5H3. The molecule has 0 aliphatic heterocycles. The van der Waals surface area contributed by atoms with Crippen molar-refractivity contribution in [2.75, 3.05) is 7.05 Å². The Hall–Kier alpha value is -2.60. The molecule has 1 fully saturated rings. The molecule has 3 rings (SSSR count). The first kappa shape index (κ1) is 22.1. The zero-order valence-corrected chi connectivity index (χ0v) is 18.7. The Bertz CT molecular complexity index is 978. The van der Waals surface area contributed by atoms with E-state index in [1.54, 1.807) is 11.9 Å². The van der Waals surface area contributed by atoms with Crippen LogP contribution >= 0.6 is 11.6 Å². The minimum atomic E-state index is -0.813. The molecule has 2 aromatic rings. The van der Waals surface area contributed by atoms with Gasteiger partial charge in [-0.05, 0) is 56.5 Å². The molecule has 1 saturated carbocycles. The smallest absolute Gasteiger partial charge is 0.223 e. The fraction of sp³-hybridized carbons (Fsp3) is 0.435. The van der Waals surface area contributed by atoms with Crippen LogP contribution in [0.3, 0.4) is 0 Å². The Morgan fingerprint density at radius 2 is 1.73 bits per heavy atom. The van der Waals surface area contributed by atoms with Gasteiger partial charge in [0.15, 0.2) is 11.6 Å². The maximum atomic E-state index is 13.1. The van der Waals surface area contributed by atoms with Crippen molar-refractivity contribution in [3.8, 4) is 11.4 Å². The van der Waals surface area contributed by atoms with Crippen LogP contribution in [0.5, 0.6) is 0 Å². The van der Waals surface area contributed by atoms with Crippen molar-refractivity contribution in [2.24, 2.45) is 5.92 Å². The number of carbonyl (C=O) groups is 3. The number of aryl methyl sites for hydroxylation is 2. The number of hydrogen-bond donors (Lipinski definition) is 0. The van der Waals surface area contributed by atoms with Crippen LogP contribution in [-0.2, 0) is 14.4 Å². The first-order valence-corrected chi connectivity index (χ1v) is 10.4. The normalized spacial score (nSPS) is 18.9. The Kier molecular flexibility index (Phi) is 6.36. The second-order valence-corrected chi connectivity index (χ2v) is 8.69. The van der Waals surface area contributed by atoms with Crippen LogP contribution in [-0.4, -0.2) is 45.4 Å². The van der Waals surface area contributed by atoms with Crippen molar-refractivity contribution in [1.82, 2.24) is 14.9 Å². The molecule has 1 heterocycles. The third kappa shape index (κ3) is 4.29. The molecule has 1 aromatic heterocycles. The number of hydrogen-bond acceptors (Lipinski definition) is 5. The molecule has 1 aliphatic rings. The number of aromatic nitrogens is 2. The van der Waals surface area contributed by atoms with E-state index in [4.69, 9.17) is 11.6 Å². The highest BCUT2D eigenvalue weighted by molar-refractivity contribution is 6.30. The summed E-state index contributed by atoms with van der Waals surface area (Å²) in [6, 6.07) is 3.82. The van der Waals surface area contributed by atoms with Crippen molar-refractivity contribution >= 4 is 29.1 Å². The summed E-state index contributed by atoms with van der Waals surface area (Å²) in [7, 11) is 1.72. The van der Waals surface area contributed by atoms with Crippen LogP contribution in [0, 0.1) is 19.8 Å². The number of Topliss-reactive ketones (excluding diaryl/α,β-unsaturated/α-hetero) is 2. The molecule has 2 atom stereocenters. The number of rotatable bonds is 5. The highest BCUT2D eigenvalue weighted by Gasteiger charge is 2.44. The van der Waals surface area contributed by atoms with Crippen LogP contribution in [0.25, 0.3) is 11.4 Å². The number of halogens is 1. The lowest BCUT2D eigenvalue weighted by Crippen LogP contribution is -2.34. The van der Waals surface area contributed by atoms with Gasteiger partial charge < -0.3 is 4.90 Å². The second kappa shape index (κ2) is 8.64. The Morgan fingerprint density at radius 3 is 2.27 bits per heavy atom. The molecule has 0 radical (unpaired) electrons. The minimum absolute atomic E-state index is 0.0487.